The number of alkyl carbamates (subject to hydrolysis) is 1. The molecule has 0 bridgehead atoms. The minimum Gasteiger partial charge on any atom is -0.489 e. The van der Waals surface area contributed by atoms with E-state index in [4.69, 9.17) is 14.2 Å². The van der Waals surface area contributed by atoms with E-state index in [0.29, 0.717) is 17.9 Å². The van der Waals surface area contributed by atoms with Gasteiger partial charge in [-0.3, -0.25) is 9.59 Å². The molecule has 0 aromatic heterocycles. The summed E-state index contributed by atoms with van der Waals surface area (Å²) in [5.74, 6) is -1.63. The number of nitrogens with one attached hydrogen (secondary N) is 3. The van der Waals surface area contributed by atoms with E-state index < -0.39 is 48.1 Å². The van der Waals surface area contributed by atoms with Crippen LogP contribution in [0.15, 0.2) is 115 Å². The zero-order chi connectivity index (χ0) is 35.0. The molecule has 0 fully saturated rings. The Morgan fingerprint density at radius 2 is 1.08 bits per heavy atom. The summed E-state index contributed by atoms with van der Waals surface area (Å²) in [7, 11) is 1.14. The van der Waals surface area contributed by atoms with Crippen molar-refractivity contribution in [3.63, 3.8) is 0 Å². The molecule has 11 heteroatoms. The number of rotatable bonds is 16. The Balaban J connectivity index is 1.51. The highest BCUT2D eigenvalue weighted by Crippen LogP contribution is 2.16. The molecule has 0 aliphatic carbocycles. The van der Waals surface area contributed by atoms with Crippen LogP contribution >= 0.6 is 0 Å². The van der Waals surface area contributed by atoms with Gasteiger partial charge in [0.1, 0.15) is 31.0 Å². The number of hydrogen-bond acceptors (Lipinski definition) is 8. The molecular formula is C38H41N3O8. The van der Waals surface area contributed by atoms with E-state index in [1.807, 2.05) is 78.9 Å². The predicted molar refractivity (Wildman–Crippen MR) is 182 cm³/mol. The van der Waals surface area contributed by atoms with Crippen molar-refractivity contribution in [1.82, 2.24) is 16.0 Å². The second-order valence-electron chi connectivity index (χ2n) is 11.4. The van der Waals surface area contributed by atoms with Crippen LogP contribution in [0.4, 0.5) is 4.79 Å². The number of esters is 1. The largest absolute Gasteiger partial charge is 0.489 e. The summed E-state index contributed by atoms with van der Waals surface area (Å²) in [4.78, 5) is 52.6. The summed E-state index contributed by atoms with van der Waals surface area (Å²) >= 11 is 0. The number of aliphatic hydroxyl groups is 1. The standard InChI is InChI=1S/C38H41N3O8/c1-26(42)34(37(45)47-2)41-36(44)32(23-28-18-20-31(21-19-28)48-24-29-14-8-4-9-15-29)39-35(43)33(22-27-12-6-3-7-13-27)40-38(46)49-25-30-16-10-5-11-17-30/h3-21,26,32-34,42H,22-25H2,1-2H3,(H,39,43)(H,40,46)(H,41,44)/t26-,32-,33-,34+/m0/s1. The number of amides is 3. The summed E-state index contributed by atoms with van der Waals surface area (Å²) in [6.07, 6.45) is -1.97. The monoisotopic (exact) mass is 667 g/mol. The topological polar surface area (TPSA) is 152 Å². The van der Waals surface area contributed by atoms with E-state index in [2.05, 4.69) is 16.0 Å². The Morgan fingerprint density at radius 3 is 1.61 bits per heavy atom. The van der Waals surface area contributed by atoms with Crippen LogP contribution in [0.25, 0.3) is 0 Å². The lowest BCUT2D eigenvalue weighted by molar-refractivity contribution is -0.148. The first kappa shape index (κ1) is 36.2. The smallest absolute Gasteiger partial charge is 0.408 e. The fourth-order valence-electron chi connectivity index (χ4n) is 4.90. The van der Waals surface area contributed by atoms with Crippen LogP contribution in [0.2, 0.25) is 0 Å². The second kappa shape index (κ2) is 18.6. The Labute approximate surface area is 285 Å². The number of methoxy groups -OCH3 is 1. The third kappa shape index (κ3) is 11.8. The Morgan fingerprint density at radius 1 is 0.612 bits per heavy atom. The van der Waals surface area contributed by atoms with Gasteiger partial charge in [0.05, 0.1) is 13.2 Å². The van der Waals surface area contributed by atoms with Crippen molar-refractivity contribution in [2.75, 3.05) is 7.11 Å². The van der Waals surface area contributed by atoms with Gasteiger partial charge in [0.2, 0.25) is 11.8 Å². The molecule has 0 aliphatic rings. The van der Waals surface area contributed by atoms with Gasteiger partial charge in [-0.05, 0) is 41.3 Å². The molecule has 0 aliphatic heterocycles. The van der Waals surface area contributed by atoms with E-state index in [1.54, 1.807) is 36.4 Å². The van der Waals surface area contributed by atoms with E-state index in [0.717, 1.165) is 23.8 Å². The molecule has 49 heavy (non-hydrogen) atoms. The summed E-state index contributed by atoms with van der Waals surface area (Å²) in [5, 5.41) is 18.1. The third-order valence-electron chi connectivity index (χ3n) is 7.58. The fraction of sp³-hybridized carbons (Fsp3) is 0.263. The van der Waals surface area contributed by atoms with Gasteiger partial charge in [0.25, 0.3) is 0 Å². The van der Waals surface area contributed by atoms with Crippen molar-refractivity contribution in [3.8, 4) is 5.75 Å². The quantitative estimate of drug-likeness (QED) is 0.132. The number of ether oxygens (including phenoxy) is 3. The van der Waals surface area contributed by atoms with Crippen molar-refractivity contribution in [2.24, 2.45) is 0 Å². The maximum atomic E-state index is 13.8. The lowest BCUT2D eigenvalue weighted by Crippen LogP contribution is -2.58. The molecule has 0 saturated heterocycles. The molecule has 256 valence electrons. The molecule has 0 radical (unpaired) electrons. The van der Waals surface area contributed by atoms with Crippen molar-refractivity contribution in [2.45, 2.75) is 57.2 Å². The minimum absolute atomic E-state index is 0.00327. The van der Waals surface area contributed by atoms with Crippen molar-refractivity contribution >= 4 is 23.9 Å². The van der Waals surface area contributed by atoms with Gasteiger partial charge in [0, 0.05) is 12.8 Å². The van der Waals surface area contributed by atoms with Crippen molar-refractivity contribution in [3.05, 3.63) is 138 Å². The molecule has 11 nitrogen and oxygen atoms in total. The molecule has 4 atom stereocenters. The van der Waals surface area contributed by atoms with Crippen LogP contribution in [0.5, 0.6) is 5.75 Å². The lowest BCUT2D eigenvalue weighted by atomic mass is 10.0. The average Bonchev–Trinajstić information content (AvgIpc) is 3.12. The Kier molecular flexibility index (Phi) is 13.7. The molecular weight excluding hydrogens is 626 g/mol. The van der Waals surface area contributed by atoms with Gasteiger partial charge in [-0.1, -0.05) is 103 Å². The molecule has 0 spiro atoms. The maximum absolute atomic E-state index is 13.8. The fourth-order valence-corrected chi connectivity index (χ4v) is 4.90. The number of hydrogen-bond donors (Lipinski definition) is 4. The van der Waals surface area contributed by atoms with Crippen molar-refractivity contribution in [1.29, 1.82) is 0 Å². The molecule has 4 rings (SSSR count). The van der Waals surface area contributed by atoms with Crippen LogP contribution in [-0.2, 0) is 49.9 Å². The lowest BCUT2D eigenvalue weighted by Gasteiger charge is -2.26. The second-order valence-corrected chi connectivity index (χ2v) is 11.4. The predicted octanol–water partition coefficient (Wildman–Crippen LogP) is 3.87. The molecule has 4 aromatic carbocycles. The molecule has 0 heterocycles. The highest BCUT2D eigenvalue weighted by Gasteiger charge is 2.32. The highest BCUT2D eigenvalue weighted by molar-refractivity contribution is 5.93. The van der Waals surface area contributed by atoms with Crippen molar-refractivity contribution < 1.29 is 38.5 Å². The van der Waals surface area contributed by atoms with Crippen LogP contribution in [-0.4, -0.2) is 60.3 Å². The van der Waals surface area contributed by atoms with Gasteiger partial charge < -0.3 is 35.3 Å². The van der Waals surface area contributed by atoms with Crippen LogP contribution in [0, 0.1) is 0 Å². The first-order chi connectivity index (χ1) is 23.7. The number of aliphatic hydroxyl groups excluding tert-OH is 1. The molecule has 4 aromatic rings. The SMILES string of the molecule is COC(=O)[C@H](NC(=O)[C@H](Cc1ccc(OCc2ccccc2)cc1)NC(=O)[C@H](Cc1ccccc1)NC(=O)OCc1ccccc1)[C@H](C)O. The number of carbonyl (C=O) groups is 4. The first-order valence-corrected chi connectivity index (χ1v) is 15.8. The molecule has 0 unspecified atom stereocenters. The molecule has 4 N–H and O–H groups in total. The normalized spacial score (nSPS) is 13.1. The average molecular weight is 668 g/mol. The Hall–Kier alpha value is -5.68. The van der Waals surface area contributed by atoms with Crippen LogP contribution < -0.4 is 20.7 Å². The van der Waals surface area contributed by atoms with Gasteiger partial charge in [-0.25, -0.2) is 9.59 Å². The zero-order valence-electron chi connectivity index (χ0n) is 27.4. The summed E-state index contributed by atoms with van der Waals surface area (Å²) in [5.41, 5.74) is 3.21. The Bertz CT molecular complexity index is 1630. The highest BCUT2D eigenvalue weighted by atomic mass is 16.5. The molecule has 3 amide bonds. The van der Waals surface area contributed by atoms with Crippen LogP contribution in [0.3, 0.4) is 0 Å². The van der Waals surface area contributed by atoms with E-state index >= 15 is 0 Å². The number of benzene rings is 4. The van der Waals surface area contributed by atoms with E-state index in [-0.39, 0.29) is 19.4 Å². The van der Waals surface area contributed by atoms with Gasteiger partial charge in [0.15, 0.2) is 6.04 Å². The maximum Gasteiger partial charge on any atom is 0.408 e. The van der Waals surface area contributed by atoms with E-state index in [9.17, 15) is 24.3 Å². The number of carbonyl (C=O) groups excluding carboxylic acids is 4. The summed E-state index contributed by atoms with van der Waals surface area (Å²) < 4.78 is 16.0. The van der Waals surface area contributed by atoms with Gasteiger partial charge in [-0.15, -0.1) is 0 Å². The first-order valence-electron chi connectivity index (χ1n) is 15.8. The summed E-state index contributed by atoms with van der Waals surface area (Å²) in [6, 6.07) is 31.2. The molecule has 0 saturated carbocycles. The zero-order valence-corrected chi connectivity index (χ0v) is 27.4. The van der Waals surface area contributed by atoms with Gasteiger partial charge >= 0.3 is 12.1 Å². The van der Waals surface area contributed by atoms with E-state index in [1.165, 1.54) is 6.92 Å². The minimum atomic E-state index is -1.38. The summed E-state index contributed by atoms with van der Waals surface area (Å²) in [6.45, 7) is 1.71. The van der Waals surface area contributed by atoms with Crippen LogP contribution in [0.1, 0.15) is 29.2 Å². The van der Waals surface area contributed by atoms with Gasteiger partial charge in [-0.2, -0.15) is 0 Å². The third-order valence-corrected chi connectivity index (χ3v) is 7.58.